The molecule has 0 aliphatic heterocycles. The third-order valence-corrected chi connectivity index (χ3v) is 5.18. The van der Waals surface area contributed by atoms with E-state index < -0.39 is 0 Å². The summed E-state index contributed by atoms with van der Waals surface area (Å²) >= 11 is 1.39. The number of ketones is 1. The predicted molar refractivity (Wildman–Crippen MR) is 103 cm³/mol. The molecule has 4 rings (SSSR count). The summed E-state index contributed by atoms with van der Waals surface area (Å²) in [6.07, 6.45) is 3.47. The molecule has 2 heterocycles. The van der Waals surface area contributed by atoms with Crippen molar-refractivity contribution in [3.05, 3.63) is 72.6 Å². The fourth-order valence-electron chi connectivity index (χ4n) is 2.76. The number of carbonyl (C=O) groups excluding carboxylic acids is 1. The summed E-state index contributed by atoms with van der Waals surface area (Å²) in [5, 5.41) is 11.3. The second kappa shape index (κ2) is 7.09. The van der Waals surface area contributed by atoms with E-state index in [0.29, 0.717) is 16.5 Å². The fraction of sp³-hybridized carbons (Fsp3) is 0.100. The molecule has 6 heteroatoms. The highest BCUT2D eigenvalue weighted by atomic mass is 32.2. The van der Waals surface area contributed by atoms with Gasteiger partial charge in [-0.25, -0.2) is 0 Å². The number of aromatic nitrogens is 4. The molecule has 0 aliphatic carbocycles. The normalized spacial score (nSPS) is 11.0. The maximum atomic E-state index is 12.6. The minimum absolute atomic E-state index is 0.0756. The summed E-state index contributed by atoms with van der Waals surface area (Å²) < 4.78 is 1.88. The summed E-state index contributed by atoms with van der Waals surface area (Å²) in [4.78, 5) is 16.7. The van der Waals surface area contributed by atoms with Crippen LogP contribution in [-0.2, 0) is 7.05 Å². The van der Waals surface area contributed by atoms with Crippen LogP contribution in [0.5, 0.6) is 0 Å². The van der Waals surface area contributed by atoms with E-state index >= 15 is 0 Å². The van der Waals surface area contributed by atoms with Gasteiger partial charge in [0.15, 0.2) is 16.8 Å². The molecule has 4 aromatic rings. The van der Waals surface area contributed by atoms with Crippen LogP contribution in [0.15, 0.2) is 72.1 Å². The van der Waals surface area contributed by atoms with Crippen LogP contribution >= 0.6 is 11.8 Å². The smallest absolute Gasteiger partial charge is 0.191 e. The second-order valence-electron chi connectivity index (χ2n) is 5.88. The first-order valence-corrected chi connectivity index (χ1v) is 9.15. The van der Waals surface area contributed by atoms with Crippen LogP contribution in [0.25, 0.3) is 22.2 Å². The van der Waals surface area contributed by atoms with Crippen LogP contribution < -0.4 is 0 Å². The molecule has 0 atom stereocenters. The van der Waals surface area contributed by atoms with Gasteiger partial charge >= 0.3 is 0 Å². The van der Waals surface area contributed by atoms with Gasteiger partial charge in [-0.3, -0.25) is 9.78 Å². The van der Waals surface area contributed by atoms with Crippen molar-refractivity contribution in [3.63, 3.8) is 0 Å². The number of hydrogen-bond donors (Lipinski definition) is 0. The average molecular weight is 360 g/mol. The zero-order valence-electron chi connectivity index (χ0n) is 14.2. The lowest BCUT2D eigenvalue weighted by Gasteiger charge is -2.05. The molecule has 5 nitrogen and oxygen atoms in total. The molecule has 0 fully saturated rings. The van der Waals surface area contributed by atoms with Gasteiger partial charge in [0.2, 0.25) is 0 Å². The largest absolute Gasteiger partial charge is 0.305 e. The molecule has 0 unspecified atom stereocenters. The highest BCUT2D eigenvalue weighted by molar-refractivity contribution is 7.99. The van der Waals surface area contributed by atoms with Crippen LogP contribution in [0.3, 0.4) is 0 Å². The molecule has 0 saturated carbocycles. The topological polar surface area (TPSA) is 60.7 Å². The van der Waals surface area contributed by atoms with Crippen LogP contribution in [0.1, 0.15) is 10.4 Å². The van der Waals surface area contributed by atoms with Crippen molar-refractivity contribution >= 4 is 28.3 Å². The molecule has 2 aromatic heterocycles. The van der Waals surface area contributed by atoms with E-state index in [4.69, 9.17) is 0 Å². The Kier molecular flexibility index (Phi) is 4.50. The zero-order chi connectivity index (χ0) is 17.9. The highest BCUT2D eigenvalue weighted by Crippen LogP contribution is 2.23. The quantitative estimate of drug-likeness (QED) is 0.398. The van der Waals surface area contributed by atoms with Crippen molar-refractivity contribution < 1.29 is 4.79 Å². The van der Waals surface area contributed by atoms with Crippen molar-refractivity contribution in [1.29, 1.82) is 0 Å². The molecule has 0 amide bonds. The third-order valence-electron chi connectivity index (χ3n) is 4.16. The Bertz CT molecular complexity index is 1080. The first-order chi connectivity index (χ1) is 12.7. The summed E-state index contributed by atoms with van der Waals surface area (Å²) in [5.74, 6) is 1.13. The Balaban J connectivity index is 1.50. The lowest BCUT2D eigenvalue weighted by atomic mass is 10.1. The maximum Gasteiger partial charge on any atom is 0.191 e. The molecule has 0 bridgehead atoms. The van der Waals surface area contributed by atoms with Gasteiger partial charge in [-0.15, -0.1) is 10.2 Å². The minimum atomic E-state index is 0.0756. The minimum Gasteiger partial charge on any atom is -0.305 e. The van der Waals surface area contributed by atoms with Crippen molar-refractivity contribution in [2.75, 3.05) is 5.75 Å². The fourth-order valence-corrected chi connectivity index (χ4v) is 3.57. The molecule has 0 spiro atoms. The molecule has 128 valence electrons. The van der Waals surface area contributed by atoms with Gasteiger partial charge < -0.3 is 4.57 Å². The lowest BCUT2D eigenvalue weighted by Crippen LogP contribution is -2.04. The Morgan fingerprint density at radius 1 is 1.04 bits per heavy atom. The second-order valence-corrected chi connectivity index (χ2v) is 6.82. The average Bonchev–Trinajstić information content (AvgIpc) is 3.07. The van der Waals surface area contributed by atoms with Gasteiger partial charge in [-0.1, -0.05) is 48.2 Å². The Labute approximate surface area is 155 Å². The molecule has 26 heavy (non-hydrogen) atoms. The number of benzene rings is 2. The van der Waals surface area contributed by atoms with E-state index in [1.807, 2.05) is 66.2 Å². The number of pyridine rings is 1. The van der Waals surface area contributed by atoms with E-state index in [1.54, 1.807) is 12.4 Å². The SMILES string of the molecule is Cn1c(SCC(=O)c2ccc3ccccc3c2)nnc1-c1cccnc1. The number of hydrogen-bond acceptors (Lipinski definition) is 5. The Morgan fingerprint density at radius 2 is 1.88 bits per heavy atom. The van der Waals surface area contributed by atoms with Gasteiger partial charge in [0.1, 0.15) is 0 Å². The first-order valence-electron chi connectivity index (χ1n) is 8.17. The summed E-state index contributed by atoms with van der Waals surface area (Å²) in [7, 11) is 1.89. The third kappa shape index (κ3) is 3.23. The van der Waals surface area contributed by atoms with Crippen LogP contribution in [0.2, 0.25) is 0 Å². The van der Waals surface area contributed by atoms with Gasteiger partial charge in [-0.2, -0.15) is 0 Å². The maximum absolute atomic E-state index is 12.6. The molecule has 0 N–H and O–H groups in total. The Morgan fingerprint density at radius 3 is 2.69 bits per heavy atom. The molecule has 0 radical (unpaired) electrons. The molecular weight excluding hydrogens is 344 g/mol. The predicted octanol–water partition coefficient (Wildman–Crippen LogP) is 4.01. The summed E-state index contributed by atoms with van der Waals surface area (Å²) in [6, 6.07) is 17.6. The number of Topliss-reactive ketones (excluding diaryl/α,β-unsaturated/α-hetero) is 1. The van der Waals surface area contributed by atoms with Crippen LogP contribution in [0, 0.1) is 0 Å². The van der Waals surface area contributed by atoms with E-state index in [-0.39, 0.29) is 5.78 Å². The number of nitrogens with zero attached hydrogens (tertiary/aromatic N) is 4. The molecular formula is C20H16N4OS. The van der Waals surface area contributed by atoms with E-state index in [9.17, 15) is 4.79 Å². The van der Waals surface area contributed by atoms with E-state index in [2.05, 4.69) is 15.2 Å². The van der Waals surface area contributed by atoms with Gasteiger partial charge in [0, 0.05) is 30.6 Å². The van der Waals surface area contributed by atoms with Gasteiger partial charge in [0.25, 0.3) is 0 Å². The van der Waals surface area contributed by atoms with Crippen molar-refractivity contribution in [2.24, 2.45) is 7.05 Å². The Hall–Kier alpha value is -2.99. The van der Waals surface area contributed by atoms with E-state index in [1.165, 1.54) is 11.8 Å². The molecule has 0 aliphatic rings. The number of rotatable bonds is 5. The number of carbonyl (C=O) groups is 1. The number of thioether (sulfide) groups is 1. The standard InChI is InChI=1S/C20H16N4OS/c1-24-19(17-7-4-10-21-12-17)22-23-20(24)26-13-18(25)16-9-8-14-5-2-3-6-15(14)11-16/h2-12H,13H2,1H3. The summed E-state index contributed by atoms with van der Waals surface area (Å²) in [5.41, 5.74) is 1.61. The first kappa shape index (κ1) is 16.5. The van der Waals surface area contributed by atoms with Crippen LogP contribution in [-0.4, -0.2) is 31.3 Å². The van der Waals surface area contributed by atoms with Crippen LogP contribution in [0.4, 0.5) is 0 Å². The molecule has 0 saturated heterocycles. The van der Waals surface area contributed by atoms with E-state index in [0.717, 1.165) is 22.2 Å². The molecule has 2 aromatic carbocycles. The zero-order valence-corrected chi connectivity index (χ0v) is 15.0. The highest BCUT2D eigenvalue weighted by Gasteiger charge is 2.14. The summed E-state index contributed by atoms with van der Waals surface area (Å²) in [6.45, 7) is 0. The van der Waals surface area contributed by atoms with Crippen molar-refractivity contribution in [1.82, 2.24) is 19.7 Å². The van der Waals surface area contributed by atoms with Crippen molar-refractivity contribution in [3.8, 4) is 11.4 Å². The number of fused-ring (bicyclic) bond motifs is 1. The lowest BCUT2D eigenvalue weighted by molar-refractivity contribution is 0.102. The van der Waals surface area contributed by atoms with Gasteiger partial charge in [-0.05, 0) is 29.0 Å². The monoisotopic (exact) mass is 360 g/mol. The van der Waals surface area contributed by atoms with Gasteiger partial charge in [0.05, 0.1) is 5.75 Å². The van der Waals surface area contributed by atoms with Crippen molar-refractivity contribution in [2.45, 2.75) is 5.16 Å².